The quantitative estimate of drug-likeness (QED) is 0.910. The molecule has 1 atom stereocenters. The molecule has 0 spiro atoms. The highest BCUT2D eigenvalue weighted by molar-refractivity contribution is 7.90. The normalized spacial score (nSPS) is 13.7. The highest BCUT2D eigenvalue weighted by Crippen LogP contribution is 2.19. The van der Waals surface area contributed by atoms with Crippen LogP contribution >= 0.6 is 0 Å². The van der Waals surface area contributed by atoms with E-state index in [9.17, 15) is 8.42 Å². The maximum absolute atomic E-state index is 11.4. The highest BCUT2D eigenvalue weighted by atomic mass is 32.2. The van der Waals surface area contributed by atoms with Crippen LogP contribution in [0.15, 0.2) is 36.5 Å². The van der Waals surface area contributed by atoms with Gasteiger partial charge in [0.05, 0.1) is 11.3 Å². The minimum atomic E-state index is -3.03. The van der Waals surface area contributed by atoms with Crippen LogP contribution in [-0.2, 0) is 9.84 Å². The molecule has 4 nitrogen and oxygen atoms in total. The summed E-state index contributed by atoms with van der Waals surface area (Å²) in [7, 11) is -1.27. The largest absolute Gasteiger partial charge is 0.312 e. The second kappa shape index (κ2) is 5.04. The second-order valence-electron chi connectivity index (χ2n) is 4.40. The highest BCUT2D eigenvalue weighted by Gasteiger charge is 2.16. The summed E-state index contributed by atoms with van der Waals surface area (Å²) in [5.74, 6) is 0.0729. The molecular weight excluding hydrogens is 248 g/mol. The number of hydrogen-bond acceptors (Lipinski definition) is 4. The summed E-state index contributed by atoms with van der Waals surface area (Å²) in [6, 6.07) is 9.54. The van der Waals surface area contributed by atoms with Gasteiger partial charge in [0.25, 0.3) is 0 Å². The van der Waals surface area contributed by atoms with Gasteiger partial charge in [0.2, 0.25) is 0 Å². The number of hydrogen-bond donors (Lipinski definition) is 1. The minimum Gasteiger partial charge on any atom is -0.312 e. The fourth-order valence-electron chi connectivity index (χ4n) is 1.93. The molecular formula is C13H16N2O2S. The first-order valence-corrected chi connectivity index (χ1v) is 7.75. The summed E-state index contributed by atoms with van der Waals surface area (Å²) < 4.78 is 22.8. The molecule has 0 radical (unpaired) electrons. The number of para-hydroxylation sites is 1. The minimum absolute atomic E-state index is 0.0729. The van der Waals surface area contributed by atoms with Crippen LogP contribution in [0, 0.1) is 0 Å². The van der Waals surface area contributed by atoms with Gasteiger partial charge in [-0.2, -0.15) is 0 Å². The predicted octanol–water partition coefficient (Wildman–Crippen LogP) is 1.54. The van der Waals surface area contributed by atoms with E-state index in [2.05, 4.69) is 10.3 Å². The van der Waals surface area contributed by atoms with E-state index in [1.54, 1.807) is 13.2 Å². The van der Waals surface area contributed by atoms with Crippen molar-refractivity contribution in [2.45, 2.75) is 6.04 Å². The molecule has 1 N–H and O–H groups in total. The first-order chi connectivity index (χ1) is 8.49. The number of nitrogens with one attached hydrogen (secondary N) is 1. The van der Waals surface area contributed by atoms with E-state index in [0.29, 0.717) is 0 Å². The van der Waals surface area contributed by atoms with Crippen molar-refractivity contribution < 1.29 is 8.42 Å². The molecule has 0 aliphatic carbocycles. The lowest BCUT2D eigenvalue weighted by atomic mass is 10.1. The van der Waals surface area contributed by atoms with Gasteiger partial charge in [-0.3, -0.25) is 4.98 Å². The van der Waals surface area contributed by atoms with Crippen molar-refractivity contribution in [1.82, 2.24) is 10.3 Å². The van der Waals surface area contributed by atoms with Gasteiger partial charge in [-0.25, -0.2) is 8.42 Å². The number of nitrogens with zero attached hydrogens (tertiary/aromatic N) is 1. The fourth-order valence-corrected chi connectivity index (χ4v) is 2.89. The standard InChI is InChI=1S/C13H16N2O2S/c1-14-13(9-18(2,16)17)11-7-10-5-3-4-6-12(10)15-8-11/h3-8,13-14H,9H2,1-2H3. The van der Waals surface area contributed by atoms with Crippen molar-refractivity contribution in [1.29, 1.82) is 0 Å². The number of sulfone groups is 1. The van der Waals surface area contributed by atoms with Crippen molar-refractivity contribution >= 4 is 20.7 Å². The Morgan fingerprint density at radius 3 is 2.72 bits per heavy atom. The zero-order chi connectivity index (χ0) is 13.2. The van der Waals surface area contributed by atoms with Crippen molar-refractivity contribution in [2.75, 3.05) is 19.1 Å². The molecule has 0 aliphatic heterocycles. The van der Waals surface area contributed by atoms with Crippen LogP contribution in [0.1, 0.15) is 11.6 Å². The fraction of sp³-hybridized carbons (Fsp3) is 0.308. The number of pyridine rings is 1. The Bertz CT molecular complexity index is 653. The first kappa shape index (κ1) is 13.0. The van der Waals surface area contributed by atoms with Gasteiger partial charge < -0.3 is 5.32 Å². The van der Waals surface area contributed by atoms with Crippen LogP contribution in [0.5, 0.6) is 0 Å². The summed E-state index contributed by atoms with van der Waals surface area (Å²) in [4.78, 5) is 4.35. The van der Waals surface area contributed by atoms with E-state index in [0.717, 1.165) is 16.5 Å². The van der Waals surface area contributed by atoms with E-state index in [4.69, 9.17) is 0 Å². The maximum atomic E-state index is 11.4. The third-order valence-electron chi connectivity index (χ3n) is 2.83. The zero-order valence-corrected chi connectivity index (χ0v) is 11.2. The summed E-state index contributed by atoms with van der Waals surface area (Å²) >= 11 is 0. The summed E-state index contributed by atoms with van der Waals surface area (Å²) in [5, 5.41) is 4.04. The van der Waals surface area contributed by atoms with E-state index < -0.39 is 9.84 Å². The molecule has 0 aliphatic rings. The van der Waals surface area contributed by atoms with Crippen molar-refractivity contribution in [3.63, 3.8) is 0 Å². The van der Waals surface area contributed by atoms with Crippen LogP contribution < -0.4 is 5.32 Å². The monoisotopic (exact) mass is 264 g/mol. The molecule has 0 amide bonds. The van der Waals surface area contributed by atoms with E-state index >= 15 is 0 Å². The molecule has 0 bridgehead atoms. The summed E-state index contributed by atoms with van der Waals surface area (Å²) in [6.07, 6.45) is 2.97. The lowest BCUT2D eigenvalue weighted by Crippen LogP contribution is -2.24. The molecule has 1 aromatic carbocycles. The molecule has 2 rings (SSSR count). The molecule has 2 aromatic rings. The number of fused-ring (bicyclic) bond motifs is 1. The van der Waals surface area contributed by atoms with Gasteiger partial charge >= 0.3 is 0 Å². The van der Waals surface area contributed by atoms with Crippen molar-refractivity contribution in [2.24, 2.45) is 0 Å². The molecule has 5 heteroatoms. The summed E-state index contributed by atoms with van der Waals surface area (Å²) in [6.45, 7) is 0. The van der Waals surface area contributed by atoms with Crippen LogP contribution in [-0.4, -0.2) is 32.5 Å². The number of aromatic nitrogens is 1. The van der Waals surface area contributed by atoms with Gasteiger partial charge in [-0.1, -0.05) is 18.2 Å². The Labute approximate surface area is 107 Å². The zero-order valence-electron chi connectivity index (χ0n) is 10.4. The molecule has 0 saturated heterocycles. The van der Waals surface area contributed by atoms with Gasteiger partial charge in [-0.15, -0.1) is 0 Å². The molecule has 1 unspecified atom stereocenters. The molecule has 0 fully saturated rings. The average Bonchev–Trinajstić information content (AvgIpc) is 2.34. The Morgan fingerprint density at radius 1 is 1.33 bits per heavy atom. The van der Waals surface area contributed by atoms with Crippen LogP contribution in [0.3, 0.4) is 0 Å². The lowest BCUT2D eigenvalue weighted by Gasteiger charge is -2.15. The van der Waals surface area contributed by atoms with Gasteiger partial charge in [0.15, 0.2) is 0 Å². The third-order valence-corrected chi connectivity index (χ3v) is 3.77. The van der Waals surface area contributed by atoms with Gasteiger partial charge in [0, 0.05) is 23.9 Å². The molecule has 18 heavy (non-hydrogen) atoms. The Hall–Kier alpha value is -1.46. The Morgan fingerprint density at radius 2 is 2.06 bits per heavy atom. The molecule has 96 valence electrons. The average molecular weight is 264 g/mol. The smallest absolute Gasteiger partial charge is 0.149 e. The summed E-state index contributed by atoms with van der Waals surface area (Å²) in [5.41, 5.74) is 1.80. The first-order valence-electron chi connectivity index (χ1n) is 5.69. The molecule has 0 saturated carbocycles. The Kier molecular flexibility index (Phi) is 3.63. The second-order valence-corrected chi connectivity index (χ2v) is 6.58. The van der Waals surface area contributed by atoms with E-state index in [-0.39, 0.29) is 11.8 Å². The van der Waals surface area contributed by atoms with Crippen LogP contribution in [0.4, 0.5) is 0 Å². The predicted molar refractivity (Wildman–Crippen MR) is 73.3 cm³/mol. The molecule has 1 heterocycles. The van der Waals surface area contributed by atoms with E-state index in [1.165, 1.54) is 6.26 Å². The molecule has 1 aromatic heterocycles. The number of rotatable bonds is 4. The van der Waals surface area contributed by atoms with Crippen LogP contribution in [0.2, 0.25) is 0 Å². The van der Waals surface area contributed by atoms with Gasteiger partial charge in [0.1, 0.15) is 9.84 Å². The van der Waals surface area contributed by atoms with Gasteiger partial charge in [-0.05, 0) is 24.7 Å². The van der Waals surface area contributed by atoms with E-state index in [1.807, 2.05) is 30.3 Å². The third kappa shape index (κ3) is 3.05. The SMILES string of the molecule is CNC(CS(C)(=O)=O)c1cnc2ccccc2c1. The van der Waals surface area contributed by atoms with Crippen LogP contribution in [0.25, 0.3) is 10.9 Å². The lowest BCUT2D eigenvalue weighted by molar-refractivity contribution is 0.579. The maximum Gasteiger partial charge on any atom is 0.149 e. The number of benzene rings is 1. The topological polar surface area (TPSA) is 59.1 Å². The van der Waals surface area contributed by atoms with Crippen molar-refractivity contribution in [3.05, 3.63) is 42.1 Å². The van der Waals surface area contributed by atoms with Crippen molar-refractivity contribution in [3.8, 4) is 0 Å². The Balaban J connectivity index is 2.39.